The fourth-order valence-corrected chi connectivity index (χ4v) is 6.15. The van der Waals surface area contributed by atoms with Crippen molar-refractivity contribution < 1.29 is 8.63 Å². The number of nitrogens with zero attached hydrogens (tertiary/aromatic N) is 1. The minimum Gasteiger partial charge on any atom is -0.269 e. The number of benzene rings is 5. The van der Waals surface area contributed by atoms with Crippen molar-refractivity contribution in [3.63, 3.8) is 0 Å². The van der Waals surface area contributed by atoms with E-state index in [0.29, 0.717) is 0 Å². The SMILES string of the molecule is FB(F)N1C(c2ccccc2)(c2ccccc2)c2ccccc2C1(c1ccccc1)c1ccccc1. The second kappa shape index (κ2) is 8.89. The molecular formula is C32H24BF2N. The molecule has 6 rings (SSSR count). The number of rotatable bonds is 5. The van der Waals surface area contributed by atoms with Crippen LogP contribution in [0.3, 0.4) is 0 Å². The fourth-order valence-electron chi connectivity index (χ4n) is 6.15. The van der Waals surface area contributed by atoms with Crippen LogP contribution in [-0.4, -0.2) is 12.2 Å². The maximum absolute atomic E-state index is 16.0. The first-order chi connectivity index (χ1) is 17.7. The van der Waals surface area contributed by atoms with E-state index in [1.807, 2.05) is 146 Å². The summed E-state index contributed by atoms with van der Waals surface area (Å²) in [6.07, 6.45) is 0. The summed E-state index contributed by atoms with van der Waals surface area (Å²) in [5, 5.41) is 0. The summed E-state index contributed by atoms with van der Waals surface area (Å²) in [6, 6.07) is 46.8. The minimum absolute atomic E-state index is 0.803. The Kier molecular flexibility index (Phi) is 5.54. The molecule has 5 aromatic rings. The van der Waals surface area contributed by atoms with E-state index in [2.05, 4.69) is 0 Å². The van der Waals surface area contributed by atoms with Gasteiger partial charge in [-0.15, -0.1) is 0 Å². The van der Waals surface area contributed by atoms with Gasteiger partial charge < -0.3 is 0 Å². The van der Waals surface area contributed by atoms with E-state index in [1.165, 1.54) is 4.81 Å². The highest BCUT2D eigenvalue weighted by molar-refractivity contribution is 6.40. The molecule has 0 N–H and O–H groups in total. The molecule has 0 atom stereocenters. The van der Waals surface area contributed by atoms with Gasteiger partial charge in [0.1, 0.15) is 0 Å². The van der Waals surface area contributed by atoms with Crippen LogP contribution in [-0.2, 0) is 11.1 Å². The van der Waals surface area contributed by atoms with E-state index in [0.717, 1.165) is 33.4 Å². The lowest BCUT2D eigenvalue weighted by Crippen LogP contribution is -2.57. The van der Waals surface area contributed by atoms with Gasteiger partial charge in [0.25, 0.3) is 0 Å². The van der Waals surface area contributed by atoms with Gasteiger partial charge in [0.05, 0.1) is 11.1 Å². The zero-order valence-electron chi connectivity index (χ0n) is 19.6. The standard InChI is InChI=1S/C32H24BF2N/c34-33(35)36-31(25-15-5-1-6-16-25,26-17-7-2-8-18-26)29-23-13-14-24-30(29)32(36,27-19-9-3-10-20-27)28-21-11-4-12-22-28/h1-24H. The molecule has 0 aliphatic carbocycles. The van der Waals surface area contributed by atoms with Crippen molar-refractivity contribution in [2.75, 3.05) is 0 Å². The predicted octanol–water partition coefficient (Wildman–Crippen LogP) is 7.51. The highest BCUT2D eigenvalue weighted by atomic mass is 19.2. The van der Waals surface area contributed by atoms with Crippen LogP contribution < -0.4 is 0 Å². The smallest absolute Gasteiger partial charge is 0.269 e. The highest BCUT2D eigenvalue weighted by Gasteiger charge is 2.65. The van der Waals surface area contributed by atoms with E-state index >= 15 is 8.63 Å². The topological polar surface area (TPSA) is 3.24 Å². The molecule has 1 aliphatic rings. The van der Waals surface area contributed by atoms with Crippen LogP contribution in [0.2, 0.25) is 0 Å². The molecule has 0 radical (unpaired) electrons. The van der Waals surface area contributed by atoms with Crippen LogP contribution in [0.25, 0.3) is 0 Å². The Balaban J connectivity index is 1.85. The second-order valence-corrected chi connectivity index (χ2v) is 9.08. The summed E-state index contributed by atoms with van der Waals surface area (Å²) >= 11 is 0. The Morgan fingerprint density at radius 1 is 0.389 bits per heavy atom. The fraction of sp³-hybridized carbons (Fsp3) is 0.0625. The number of halogens is 2. The van der Waals surface area contributed by atoms with Crippen LogP contribution >= 0.6 is 0 Å². The summed E-state index contributed by atoms with van der Waals surface area (Å²) in [5.74, 6) is 0. The summed E-state index contributed by atoms with van der Waals surface area (Å²) in [7, 11) is -2.78. The average molecular weight is 471 g/mol. The predicted molar refractivity (Wildman–Crippen MR) is 142 cm³/mol. The van der Waals surface area contributed by atoms with Crippen molar-refractivity contribution >= 4 is 7.40 Å². The van der Waals surface area contributed by atoms with Gasteiger partial charge in [0, 0.05) is 0 Å². The van der Waals surface area contributed by atoms with Gasteiger partial charge in [0.15, 0.2) is 0 Å². The van der Waals surface area contributed by atoms with Crippen molar-refractivity contribution in [1.29, 1.82) is 0 Å². The number of hydrogen-bond acceptors (Lipinski definition) is 1. The van der Waals surface area contributed by atoms with Crippen LogP contribution in [0.4, 0.5) is 8.63 Å². The largest absolute Gasteiger partial charge is 0.639 e. The monoisotopic (exact) mass is 471 g/mol. The summed E-state index contributed by atoms with van der Waals surface area (Å²) < 4.78 is 31.9. The first-order valence-corrected chi connectivity index (χ1v) is 12.1. The third-order valence-corrected chi connectivity index (χ3v) is 7.39. The molecule has 0 bridgehead atoms. The second-order valence-electron chi connectivity index (χ2n) is 9.08. The molecule has 4 heteroatoms. The quantitative estimate of drug-likeness (QED) is 0.240. The summed E-state index contributed by atoms with van der Waals surface area (Å²) in [5.41, 5.74) is 2.48. The van der Waals surface area contributed by atoms with Gasteiger partial charge in [-0.3, -0.25) is 8.63 Å². The third kappa shape index (κ3) is 3.04. The molecule has 1 heterocycles. The summed E-state index contributed by atoms with van der Waals surface area (Å²) in [4.78, 5) is 1.43. The van der Waals surface area contributed by atoms with E-state index in [-0.39, 0.29) is 0 Å². The van der Waals surface area contributed by atoms with Crippen LogP contribution in [0, 0.1) is 0 Å². The lowest BCUT2D eigenvalue weighted by Gasteiger charge is -2.47. The highest BCUT2D eigenvalue weighted by Crippen LogP contribution is 2.61. The van der Waals surface area contributed by atoms with Gasteiger partial charge in [-0.2, -0.15) is 0 Å². The van der Waals surface area contributed by atoms with Crippen molar-refractivity contribution in [2.45, 2.75) is 11.1 Å². The van der Waals surface area contributed by atoms with E-state index < -0.39 is 18.5 Å². The lowest BCUT2D eigenvalue weighted by atomic mass is 9.74. The molecule has 174 valence electrons. The van der Waals surface area contributed by atoms with Crippen molar-refractivity contribution in [3.8, 4) is 0 Å². The lowest BCUT2D eigenvalue weighted by molar-refractivity contribution is 0.175. The Labute approximate surface area is 210 Å². The van der Waals surface area contributed by atoms with Gasteiger partial charge in [-0.25, -0.2) is 4.81 Å². The van der Waals surface area contributed by atoms with Crippen LogP contribution in [0.5, 0.6) is 0 Å². The van der Waals surface area contributed by atoms with E-state index in [4.69, 9.17) is 0 Å². The van der Waals surface area contributed by atoms with Gasteiger partial charge in [-0.1, -0.05) is 146 Å². The molecule has 0 unspecified atom stereocenters. The normalized spacial score (nSPS) is 15.8. The van der Waals surface area contributed by atoms with Gasteiger partial charge >= 0.3 is 7.40 Å². The summed E-state index contributed by atoms with van der Waals surface area (Å²) in [6.45, 7) is 0. The first kappa shape index (κ1) is 22.4. The minimum atomic E-state index is -2.78. The molecule has 0 saturated heterocycles. The molecular weight excluding hydrogens is 447 g/mol. The van der Waals surface area contributed by atoms with Crippen molar-refractivity contribution in [1.82, 2.24) is 4.81 Å². The van der Waals surface area contributed by atoms with Crippen LogP contribution in [0.15, 0.2) is 146 Å². The Bertz CT molecular complexity index is 1270. The molecule has 36 heavy (non-hydrogen) atoms. The Hall–Kier alpha value is -4.02. The van der Waals surface area contributed by atoms with Crippen molar-refractivity contribution in [2.24, 2.45) is 0 Å². The Morgan fingerprint density at radius 3 is 0.889 bits per heavy atom. The Morgan fingerprint density at radius 2 is 0.639 bits per heavy atom. The number of fused-ring (bicyclic) bond motifs is 1. The van der Waals surface area contributed by atoms with Crippen LogP contribution in [0.1, 0.15) is 33.4 Å². The molecule has 0 fully saturated rings. The molecule has 1 aliphatic heterocycles. The third-order valence-electron chi connectivity index (χ3n) is 7.39. The molecule has 1 nitrogen and oxygen atoms in total. The van der Waals surface area contributed by atoms with Gasteiger partial charge in [0.2, 0.25) is 0 Å². The first-order valence-electron chi connectivity index (χ1n) is 12.1. The zero-order chi connectivity index (χ0) is 24.6. The molecule has 0 spiro atoms. The van der Waals surface area contributed by atoms with E-state index in [9.17, 15) is 0 Å². The van der Waals surface area contributed by atoms with Crippen molar-refractivity contribution in [3.05, 3.63) is 179 Å². The number of hydrogen-bond donors (Lipinski definition) is 0. The maximum atomic E-state index is 16.0. The molecule has 0 amide bonds. The van der Waals surface area contributed by atoms with E-state index in [1.54, 1.807) is 0 Å². The molecule has 0 saturated carbocycles. The average Bonchev–Trinajstić information content (AvgIpc) is 3.24. The molecule has 0 aromatic heterocycles. The molecule has 5 aromatic carbocycles. The zero-order valence-corrected chi connectivity index (χ0v) is 19.6. The maximum Gasteiger partial charge on any atom is 0.639 e. The van der Waals surface area contributed by atoms with Gasteiger partial charge in [-0.05, 0) is 33.4 Å².